The van der Waals surface area contributed by atoms with E-state index in [9.17, 15) is 4.79 Å². The van der Waals surface area contributed by atoms with Gasteiger partial charge in [-0.2, -0.15) is 5.26 Å². The molecule has 0 saturated heterocycles. The molecule has 23 heavy (non-hydrogen) atoms. The third kappa shape index (κ3) is 3.83. The van der Waals surface area contributed by atoms with Crippen molar-refractivity contribution >= 4 is 17.5 Å². The molecule has 116 valence electrons. The molecule has 6 nitrogen and oxygen atoms in total. The van der Waals surface area contributed by atoms with Gasteiger partial charge in [0.25, 0.3) is 5.91 Å². The highest BCUT2D eigenvalue weighted by Gasteiger charge is 2.18. The van der Waals surface area contributed by atoms with Crippen LogP contribution in [0.25, 0.3) is 0 Å². The van der Waals surface area contributed by atoms with E-state index in [4.69, 9.17) is 5.26 Å². The van der Waals surface area contributed by atoms with Gasteiger partial charge < -0.3 is 10.6 Å². The number of carbonyl (C=O) groups is 1. The largest absolute Gasteiger partial charge is 0.348 e. The number of rotatable bonds is 4. The van der Waals surface area contributed by atoms with Crippen LogP contribution in [0.4, 0.5) is 11.6 Å². The lowest BCUT2D eigenvalue weighted by molar-refractivity contribution is 0.0933. The van der Waals surface area contributed by atoms with E-state index in [0.717, 1.165) is 18.5 Å². The average molecular weight is 307 g/mol. The monoisotopic (exact) mass is 307 g/mol. The second-order valence-electron chi connectivity index (χ2n) is 5.53. The topological polar surface area (TPSA) is 90.7 Å². The van der Waals surface area contributed by atoms with Crippen LogP contribution in [0.15, 0.2) is 36.5 Å². The zero-order valence-corrected chi connectivity index (χ0v) is 12.6. The molecule has 0 spiro atoms. The van der Waals surface area contributed by atoms with E-state index in [0.29, 0.717) is 17.2 Å². The molecule has 0 atom stereocenters. The second kappa shape index (κ2) is 6.88. The smallest absolute Gasteiger partial charge is 0.270 e. The Labute approximate surface area is 134 Å². The molecule has 0 unspecified atom stereocenters. The van der Waals surface area contributed by atoms with Gasteiger partial charge in [0.2, 0.25) is 5.95 Å². The summed E-state index contributed by atoms with van der Waals surface area (Å²) in [6.45, 7) is 0. The van der Waals surface area contributed by atoms with Crippen LogP contribution >= 0.6 is 0 Å². The van der Waals surface area contributed by atoms with Crippen LogP contribution in [0.3, 0.4) is 0 Å². The van der Waals surface area contributed by atoms with Crippen LogP contribution in [0, 0.1) is 11.3 Å². The van der Waals surface area contributed by atoms with Crippen LogP contribution in [0.5, 0.6) is 0 Å². The van der Waals surface area contributed by atoms with Crippen molar-refractivity contribution in [1.82, 2.24) is 15.3 Å². The molecule has 2 aromatic rings. The number of anilines is 2. The fourth-order valence-electron chi connectivity index (χ4n) is 2.63. The van der Waals surface area contributed by atoms with Gasteiger partial charge in [-0.15, -0.1) is 0 Å². The normalized spacial score (nSPS) is 14.2. The van der Waals surface area contributed by atoms with Gasteiger partial charge in [-0.25, -0.2) is 9.97 Å². The fourth-order valence-corrected chi connectivity index (χ4v) is 2.63. The Kier molecular flexibility index (Phi) is 4.48. The number of aromatic nitrogens is 2. The summed E-state index contributed by atoms with van der Waals surface area (Å²) >= 11 is 0. The highest BCUT2D eigenvalue weighted by Crippen LogP contribution is 2.18. The molecule has 0 aliphatic heterocycles. The Bertz CT molecular complexity index is 729. The Morgan fingerprint density at radius 3 is 2.61 bits per heavy atom. The van der Waals surface area contributed by atoms with Gasteiger partial charge in [0, 0.05) is 17.9 Å². The van der Waals surface area contributed by atoms with E-state index in [1.165, 1.54) is 12.8 Å². The number of benzene rings is 1. The summed E-state index contributed by atoms with van der Waals surface area (Å²) < 4.78 is 0. The average Bonchev–Trinajstić information content (AvgIpc) is 3.09. The Morgan fingerprint density at radius 2 is 1.91 bits per heavy atom. The number of carbonyl (C=O) groups excluding carboxylic acids is 1. The van der Waals surface area contributed by atoms with Gasteiger partial charge in [-0.3, -0.25) is 4.79 Å². The van der Waals surface area contributed by atoms with Gasteiger partial charge in [0.15, 0.2) is 0 Å². The maximum Gasteiger partial charge on any atom is 0.270 e. The summed E-state index contributed by atoms with van der Waals surface area (Å²) in [6, 6.07) is 10.9. The van der Waals surface area contributed by atoms with Crippen molar-refractivity contribution in [1.29, 1.82) is 5.26 Å². The molecule has 1 aromatic heterocycles. The Hall–Kier alpha value is -2.94. The highest BCUT2D eigenvalue weighted by molar-refractivity contribution is 5.92. The molecule has 2 N–H and O–H groups in total. The summed E-state index contributed by atoms with van der Waals surface area (Å²) in [7, 11) is 0. The third-order valence-electron chi connectivity index (χ3n) is 3.85. The van der Waals surface area contributed by atoms with Crippen LogP contribution in [-0.2, 0) is 0 Å². The van der Waals surface area contributed by atoms with E-state index in [2.05, 4.69) is 26.7 Å². The minimum Gasteiger partial charge on any atom is -0.348 e. The molecule has 1 saturated carbocycles. The third-order valence-corrected chi connectivity index (χ3v) is 3.85. The molecule has 1 aliphatic carbocycles. The molecule has 1 heterocycles. The van der Waals surface area contributed by atoms with Crippen molar-refractivity contribution in [2.75, 3.05) is 5.32 Å². The minimum absolute atomic E-state index is 0.165. The van der Waals surface area contributed by atoms with Crippen molar-refractivity contribution in [3.63, 3.8) is 0 Å². The van der Waals surface area contributed by atoms with E-state index in [1.807, 2.05) is 0 Å². The molecule has 0 bridgehead atoms. The first-order chi connectivity index (χ1) is 11.2. The first-order valence-electron chi connectivity index (χ1n) is 7.66. The summed E-state index contributed by atoms with van der Waals surface area (Å²) in [5, 5.41) is 14.8. The zero-order valence-electron chi connectivity index (χ0n) is 12.6. The standard InChI is InChI=1S/C17H17N5O/c18-11-12-5-7-14(8-6-12)21-17-19-10-9-15(22-17)16(23)20-13-3-1-2-4-13/h5-10,13H,1-4H2,(H,20,23)(H,19,21,22). The van der Waals surface area contributed by atoms with E-state index >= 15 is 0 Å². The van der Waals surface area contributed by atoms with Crippen molar-refractivity contribution in [2.45, 2.75) is 31.7 Å². The molecule has 1 aromatic carbocycles. The van der Waals surface area contributed by atoms with Crippen LogP contribution in [0.2, 0.25) is 0 Å². The van der Waals surface area contributed by atoms with E-state index in [-0.39, 0.29) is 11.9 Å². The number of nitrogens with zero attached hydrogens (tertiary/aromatic N) is 3. The van der Waals surface area contributed by atoms with Crippen LogP contribution in [-0.4, -0.2) is 21.9 Å². The van der Waals surface area contributed by atoms with Crippen LogP contribution in [0.1, 0.15) is 41.7 Å². The van der Waals surface area contributed by atoms with Gasteiger partial charge in [0.1, 0.15) is 5.69 Å². The number of nitrogens with one attached hydrogen (secondary N) is 2. The number of amides is 1. The molecular weight excluding hydrogens is 290 g/mol. The molecule has 1 amide bonds. The Balaban J connectivity index is 1.68. The van der Waals surface area contributed by atoms with Crippen LogP contribution < -0.4 is 10.6 Å². The lowest BCUT2D eigenvalue weighted by atomic mass is 10.2. The zero-order chi connectivity index (χ0) is 16.1. The predicted octanol–water partition coefficient (Wildman–Crippen LogP) is 2.76. The summed E-state index contributed by atoms with van der Waals surface area (Å²) in [5.74, 6) is 0.191. The maximum atomic E-state index is 12.2. The lowest BCUT2D eigenvalue weighted by Crippen LogP contribution is -2.33. The van der Waals surface area contributed by atoms with Gasteiger partial charge in [-0.05, 0) is 43.2 Å². The van der Waals surface area contributed by atoms with E-state index in [1.54, 1.807) is 36.5 Å². The van der Waals surface area contributed by atoms with Crippen molar-refractivity contribution in [3.8, 4) is 6.07 Å². The van der Waals surface area contributed by atoms with Crippen molar-refractivity contribution in [2.24, 2.45) is 0 Å². The summed E-state index contributed by atoms with van der Waals surface area (Å²) in [5.41, 5.74) is 1.70. The van der Waals surface area contributed by atoms with Gasteiger partial charge >= 0.3 is 0 Å². The predicted molar refractivity (Wildman–Crippen MR) is 86.2 cm³/mol. The quantitative estimate of drug-likeness (QED) is 0.906. The van der Waals surface area contributed by atoms with Crippen molar-refractivity contribution < 1.29 is 4.79 Å². The molecule has 1 fully saturated rings. The summed E-state index contributed by atoms with van der Waals surface area (Å²) in [6.07, 6.45) is 5.96. The number of hydrogen-bond donors (Lipinski definition) is 2. The molecule has 1 aliphatic rings. The molecule has 0 radical (unpaired) electrons. The van der Waals surface area contributed by atoms with Gasteiger partial charge in [0.05, 0.1) is 11.6 Å². The van der Waals surface area contributed by atoms with E-state index < -0.39 is 0 Å². The fraction of sp³-hybridized carbons (Fsp3) is 0.294. The summed E-state index contributed by atoms with van der Waals surface area (Å²) in [4.78, 5) is 20.6. The molecule has 3 rings (SSSR count). The lowest BCUT2D eigenvalue weighted by Gasteiger charge is -2.12. The highest BCUT2D eigenvalue weighted by atomic mass is 16.1. The first kappa shape index (κ1) is 15.0. The Morgan fingerprint density at radius 1 is 1.17 bits per heavy atom. The number of hydrogen-bond acceptors (Lipinski definition) is 5. The second-order valence-corrected chi connectivity index (χ2v) is 5.53. The van der Waals surface area contributed by atoms with Crippen molar-refractivity contribution in [3.05, 3.63) is 47.8 Å². The molecule has 6 heteroatoms. The van der Waals surface area contributed by atoms with Gasteiger partial charge in [-0.1, -0.05) is 12.8 Å². The molecular formula is C17H17N5O. The maximum absolute atomic E-state index is 12.2. The number of nitriles is 1. The minimum atomic E-state index is -0.165. The SMILES string of the molecule is N#Cc1ccc(Nc2nccc(C(=O)NC3CCCC3)n2)cc1. The first-order valence-corrected chi connectivity index (χ1v) is 7.66.